The molecule has 2 aromatic carbocycles. The summed E-state index contributed by atoms with van der Waals surface area (Å²) >= 11 is 0. The van der Waals surface area contributed by atoms with Gasteiger partial charge in [-0.15, -0.1) is 0 Å². The fourth-order valence-electron chi connectivity index (χ4n) is 3.53. The Labute approximate surface area is 171 Å². The maximum atomic E-state index is 12.4. The molecular weight excluding hydrogens is 366 g/mol. The van der Waals surface area contributed by atoms with Crippen LogP contribution in [0.25, 0.3) is 0 Å². The third-order valence-corrected chi connectivity index (χ3v) is 5.37. The number of amides is 2. The number of carbonyl (C=O) groups excluding carboxylic acids is 2. The number of rotatable bonds is 7. The number of nitrogens with zero attached hydrogens (tertiary/aromatic N) is 1. The summed E-state index contributed by atoms with van der Waals surface area (Å²) in [4.78, 5) is 26.6. The van der Waals surface area contributed by atoms with Crippen molar-refractivity contribution in [2.45, 2.75) is 31.7 Å². The van der Waals surface area contributed by atoms with Gasteiger partial charge in [0.15, 0.2) is 0 Å². The van der Waals surface area contributed by atoms with Crippen LogP contribution in [0.4, 0.5) is 5.69 Å². The van der Waals surface area contributed by atoms with Crippen LogP contribution in [0, 0.1) is 5.92 Å². The van der Waals surface area contributed by atoms with E-state index in [1.165, 1.54) is 0 Å². The maximum Gasteiger partial charge on any atom is 0.238 e. The van der Waals surface area contributed by atoms with Gasteiger partial charge in [-0.25, -0.2) is 0 Å². The number of ether oxygens (including phenoxy) is 1. The number of carbonyl (C=O) groups is 2. The predicted molar refractivity (Wildman–Crippen MR) is 112 cm³/mol. The molecule has 0 bridgehead atoms. The van der Waals surface area contributed by atoms with Crippen LogP contribution in [0.5, 0.6) is 11.5 Å². The molecule has 0 unspecified atom stereocenters. The smallest absolute Gasteiger partial charge is 0.238 e. The summed E-state index contributed by atoms with van der Waals surface area (Å²) in [7, 11) is 0. The number of nitrogens with one attached hydrogen (secondary N) is 2. The zero-order chi connectivity index (χ0) is 20.1. The highest BCUT2D eigenvalue weighted by molar-refractivity contribution is 5.92. The summed E-state index contributed by atoms with van der Waals surface area (Å²) in [6.07, 6.45) is 3.86. The number of benzene rings is 2. The second-order valence-corrected chi connectivity index (χ2v) is 7.82. The summed E-state index contributed by atoms with van der Waals surface area (Å²) in [5.74, 6) is 1.74. The standard InChI is InChI=1S/C23H27N3O3/c27-22(16-26-14-12-17(13-15-26)23(28)25-19-6-7-19)24-18-8-10-21(11-9-18)29-20-4-2-1-3-5-20/h1-5,8-11,17,19H,6-7,12-16H2,(H,24,27)(H,25,28). The molecule has 6 heteroatoms. The molecule has 2 aliphatic rings. The van der Waals surface area contributed by atoms with Gasteiger partial charge < -0.3 is 15.4 Å². The summed E-state index contributed by atoms with van der Waals surface area (Å²) in [6.45, 7) is 1.90. The summed E-state index contributed by atoms with van der Waals surface area (Å²) in [5.41, 5.74) is 0.745. The molecule has 4 rings (SSSR count). The quantitative estimate of drug-likeness (QED) is 0.756. The van der Waals surface area contributed by atoms with E-state index < -0.39 is 0 Å². The van der Waals surface area contributed by atoms with Gasteiger partial charge in [-0.05, 0) is 75.2 Å². The zero-order valence-electron chi connectivity index (χ0n) is 16.5. The summed E-state index contributed by atoms with van der Waals surface area (Å²) in [6, 6.07) is 17.4. The van der Waals surface area contributed by atoms with Crippen LogP contribution in [0.15, 0.2) is 54.6 Å². The highest BCUT2D eigenvalue weighted by Crippen LogP contribution is 2.24. The lowest BCUT2D eigenvalue weighted by Crippen LogP contribution is -2.43. The minimum Gasteiger partial charge on any atom is -0.457 e. The van der Waals surface area contributed by atoms with Crippen molar-refractivity contribution < 1.29 is 14.3 Å². The van der Waals surface area contributed by atoms with Crippen molar-refractivity contribution in [2.75, 3.05) is 25.0 Å². The van der Waals surface area contributed by atoms with Crippen molar-refractivity contribution in [3.63, 3.8) is 0 Å². The van der Waals surface area contributed by atoms with Crippen LogP contribution >= 0.6 is 0 Å². The molecule has 0 aromatic heterocycles. The van der Waals surface area contributed by atoms with Crippen LogP contribution in [0.3, 0.4) is 0 Å². The molecule has 1 saturated carbocycles. The molecule has 152 valence electrons. The van der Waals surface area contributed by atoms with Gasteiger partial charge >= 0.3 is 0 Å². The van der Waals surface area contributed by atoms with Crippen molar-refractivity contribution in [1.29, 1.82) is 0 Å². The molecule has 0 spiro atoms. The number of para-hydroxylation sites is 1. The monoisotopic (exact) mass is 393 g/mol. The molecule has 2 aromatic rings. The zero-order valence-corrected chi connectivity index (χ0v) is 16.5. The number of anilines is 1. The third kappa shape index (κ3) is 5.81. The number of hydrogen-bond donors (Lipinski definition) is 2. The fourth-order valence-corrected chi connectivity index (χ4v) is 3.53. The van der Waals surface area contributed by atoms with E-state index in [0.717, 1.165) is 56.0 Å². The Morgan fingerprint density at radius 1 is 0.897 bits per heavy atom. The molecule has 0 radical (unpaired) electrons. The Bertz CT molecular complexity index is 826. The lowest BCUT2D eigenvalue weighted by molar-refractivity contribution is -0.126. The minimum atomic E-state index is -0.0393. The molecule has 1 aliphatic heterocycles. The topological polar surface area (TPSA) is 70.7 Å². The number of hydrogen-bond acceptors (Lipinski definition) is 4. The van der Waals surface area contributed by atoms with Crippen LogP contribution in [-0.2, 0) is 9.59 Å². The Hall–Kier alpha value is -2.86. The molecule has 2 N–H and O–H groups in total. The Balaban J connectivity index is 1.20. The first kappa shape index (κ1) is 19.5. The average Bonchev–Trinajstić information content (AvgIpc) is 3.55. The molecule has 2 amide bonds. The fraction of sp³-hybridized carbons (Fsp3) is 0.391. The van der Waals surface area contributed by atoms with Gasteiger partial charge in [0.2, 0.25) is 11.8 Å². The molecule has 29 heavy (non-hydrogen) atoms. The first-order chi connectivity index (χ1) is 14.2. The maximum absolute atomic E-state index is 12.4. The van der Waals surface area contributed by atoms with Crippen LogP contribution in [-0.4, -0.2) is 42.4 Å². The van der Waals surface area contributed by atoms with Crippen LogP contribution in [0.1, 0.15) is 25.7 Å². The SMILES string of the molecule is O=C(CN1CCC(C(=O)NC2CC2)CC1)Nc1ccc(Oc2ccccc2)cc1. The van der Waals surface area contributed by atoms with Crippen molar-refractivity contribution in [2.24, 2.45) is 5.92 Å². The van der Waals surface area contributed by atoms with Crippen molar-refractivity contribution >= 4 is 17.5 Å². The second kappa shape index (κ2) is 9.09. The van der Waals surface area contributed by atoms with Gasteiger partial charge in [0.05, 0.1) is 6.54 Å². The van der Waals surface area contributed by atoms with Gasteiger partial charge in [-0.2, -0.15) is 0 Å². The van der Waals surface area contributed by atoms with E-state index in [9.17, 15) is 9.59 Å². The molecule has 2 fully saturated rings. The lowest BCUT2D eigenvalue weighted by Gasteiger charge is -2.30. The third-order valence-electron chi connectivity index (χ3n) is 5.37. The van der Waals surface area contributed by atoms with Gasteiger partial charge in [-0.3, -0.25) is 14.5 Å². The van der Waals surface area contributed by atoms with E-state index in [1.807, 2.05) is 54.6 Å². The first-order valence-electron chi connectivity index (χ1n) is 10.3. The number of likely N-dealkylation sites (tertiary alicyclic amines) is 1. The van der Waals surface area contributed by atoms with E-state index in [-0.39, 0.29) is 17.7 Å². The first-order valence-corrected chi connectivity index (χ1v) is 10.3. The largest absolute Gasteiger partial charge is 0.457 e. The highest BCUT2D eigenvalue weighted by Gasteiger charge is 2.30. The summed E-state index contributed by atoms with van der Waals surface area (Å²) in [5, 5.41) is 6.02. The summed E-state index contributed by atoms with van der Waals surface area (Å²) < 4.78 is 5.76. The van der Waals surface area contributed by atoms with E-state index in [1.54, 1.807) is 0 Å². The van der Waals surface area contributed by atoms with Gasteiger partial charge in [-0.1, -0.05) is 18.2 Å². The van der Waals surface area contributed by atoms with E-state index in [0.29, 0.717) is 12.6 Å². The lowest BCUT2D eigenvalue weighted by atomic mass is 9.96. The molecule has 1 aliphatic carbocycles. The van der Waals surface area contributed by atoms with Crippen LogP contribution < -0.4 is 15.4 Å². The van der Waals surface area contributed by atoms with Crippen molar-refractivity contribution in [3.8, 4) is 11.5 Å². The van der Waals surface area contributed by atoms with Gasteiger partial charge in [0, 0.05) is 17.6 Å². The average molecular weight is 393 g/mol. The molecule has 1 saturated heterocycles. The van der Waals surface area contributed by atoms with Gasteiger partial charge in [0.1, 0.15) is 11.5 Å². The number of piperidine rings is 1. The van der Waals surface area contributed by atoms with Crippen molar-refractivity contribution in [1.82, 2.24) is 10.2 Å². The Kier molecular flexibility index (Phi) is 6.10. The molecule has 0 atom stereocenters. The minimum absolute atomic E-state index is 0.0393. The molecule has 1 heterocycles. The highest BCUT2D eigenvalue weighted by atomic mass is 16.5. The Morgan fingerprint density at radius 3 is 2.21 bits per heavy atom. The van der Waals surface area contributed by atoms with Crippen molar-refractivity contribution in [3.05, 3.63) is 54.6 Å². The van der Waals surface area contributed by atoms with E-state index in [2.05, 4.69) is 15.5 Å². The second-order valence-electron chi connectivity index (χ2n) is 7.82. The van der Waals surface area contributed by atoms with Crippen LogP contribution in [0.2, 0.25) is 0 Å². The molecular formula is C23H27N3O3. The Morgan fingerprint density at radius 2 is 1.55 bits per heavy atom. The normalized spacial score (nSPS) is 17.5. The van der Waals surface area contributed by atoms with Gasteiger partial charge in [0.25, 0.3) is 0 Å². The van der Waals surface area contributed by atoms with E-state index in [4.69, 9.17) is 4.74 Å². The van der Waals surface area contributed by atoms with E-state index >= 15 is 0 Å². The predicted octanol–water partition coefficient (Wildman–Crippen LogP) is 3.41. The molecule has 6 nitrogen and oxygen atoms in total.